The first-order valence-electron chi connectivity index (χ1n) is 5.43. The fourth-order valence-electron chi connectivity index (χ4n) is 1.37. The Labute approximate surface area is 131 Å². The van der Waals surface area contributed by atoms with Crippen LogP contribution in [0.25, 0.3) is 0 Å². The summed E-state index contributed by atoms with van der Waals surface area (Å²) in [6.07, 6.45) is 2.88. The first-order valence-corrected chi connectivity index (χ1v) is 7.04. The third-order valence-corrected chi connectivity index (χ3v) is 3.76. The molecule has 3 N–H and O–H groups in total. The van der Waals surface area contributed by atoms with Gasteiger partial charge in [0.25, 0.3) is 0 Å². The number of amidine groups is 1. The maximum Gasteiger partial charge on any atom is 0.302 e. The van der Waals surface area contributed by atoms with Gasteiger partial charge in [0.1, 0.15) is 5.03 Å². The molecule has 2 rings (SSSR count). The predicted molar refractivity (Wildman–Crippen MR) is 79.5 cm³/mol. The van der Waals surface area contributed by atoms with Crippen molar-refractivity contribution in [3.8, 4) is 0 Å². The van der Waals surface area contributed by atoms with Crippen LogP contribution < -0.4 is 5.73 Å². The molecule has 108 valence electrons. The van der Waals surface area contributed by atoms with Crippen LogP contribution in [0.1, 0.15) is 5.56 Å². The van der Waals surface area contributed by atoms with Crippen molar-refractivity contribution in [1.82, 2.24) is 9.97 Å². The highest BCUT2D eigenvalue weighted by molar-refractivity contribution is 9.10. The Kier molecular flexibility index (Phi) is 4.70. The highest BCUT2D eigenvalue weighted by Gasteiger charge is 2.19. The van der Waals surface area contributed by atoms with Crippen molar-refractivity contribution in [2.75, 3.05) is 0 Å². The molecule has 0 aromatic carbocycles. The SMILES string of the molecule is N/C(=N/O)c1cnc(Sc2ccc(Br)cn2)c([N+](=O)[O-])c1. The lowest BCUT2D eigenvalue weighted by atomic mass is 10.2. The zero-order chi connectivity index (χ0) is 15.4. The van der Waals surface area contributed by atoms with E-state index in [0.717, 1.165) is 16.2 Å². The molecular weight excluding hydrogens is 362 g/mol. The second kappa shape index (κ2) is 6.50. The van der Waals surface area contributed by atoms with Crippen molar-refractivity contribution in [1.29, 1.82) is 0 Å². The van der Waals surface area contributed by atoms with E-state index in [1.165, 1.54) is 12.3 Å². The van der Waals surface area contributed by atoms with Gasteiger partial charge >= 0.3 is 5.69 Å². The molecule has 0 radical (unpaired) electrons. The molecule has 21 heavy (non-hydrogen) atoms. The monoisotopic (exact) mass is 369 g/mol. The third kappa shape index (κ3) is 3.67. The van der Waals surface area contributed by atoms with E-state index in [4.69, 9.17) is 10.9 Å². The van der Waals surface area contributed by atoms with Gasteiger partial charge in [-0.25, -0.2) is 9.97 Å². The van der Waals surface area contributed by atoms with Crippen LogP contribution in [0.3, 0.4) is 0 Å². The molecule has 8 nitrogen and oxygen atoms in total. The predicted octanol–water partition coefficient (Wildman–Crippen LogP) is 2.39. The number of pyridine rings is 2. The summed E-state index contributed by atoms with van der Waals surface area (Å²) < 4.78 is 0.802. The van der Waals surface area contributed by atoms with E-state index in [9.17, 15) is 10.1 Å². The van der Waals surface area contributed by atoms with E-state index in [1.807, 2.05) is 0 Å². The van der Waals surface area contributed by atoms with Crippen molar-refractivity contribution in [3.63, 3.8) is 0 Å². The summed E-state index contributed by atoms with van der Waals surface area (Å²) in [5, 5.41) is 23.2. The summed E-state index contributed by atoms with van der Waals surface area (Å²) in [5.41, 5.74) is 5.32. The van der Waals surface area contributed by atoms with Crippen LogP contribution in [0.15, 0.2) is 50.3 Å². The minimum atomic E-state index is -0.581. The van der Waals surface area contributed by atoms with Crippen LogP contribution in [0, 0.1) is 10.1 Å². The Morgan fingerprint density at radius 1 is 1.43 bits per heavy atom. The van der Waals surface area contributed by atoms with E-state index < -0.39 is 4.92 Å². The van der Waals surface area contributed by atoms with E-state index in [-0.39, 0.29) is 22.1 Å². The highest BCUT2D eigenvalue weighted by Crippen LogP contribution is 2.32. The molecule has 0 atom stereocenters. The highest BCUT2D eigenvalue weighted by atomic mass is 79.9. The molecule has 0 unspecified atom stereocenters. The number of rotatable bonds is 4. The first kappa shape index (κ1) is 15.2. The number of nitro groups is 1. The van der Waals surface area contributed by atoms with Gasteiger partial charge in [-0.2, -0.15) is 0 Å². The van der Waals surface area contributed by atoms with Crippen molar-refractivity contribution in [2.24, 2.45) is 10.9 Å². The van der Waals surface area contributed by atoms with Gasteiger partial charge in [0.15, 0.2) is 10.9 Å². The molecule has 2 heterocycles. The van der Waals surface area contributed by atoms with Gasteiger partial charge in [-0.1, -0.05) is 5.16 Å². The topological polar surface area (TPSA) is 128 Å². The molecule has 0 aliphatic heterocycles. The molecule has 0 fully saturated rings. The number of nitrogens with zero attached hydrogens (tertiary/aromatic N) is 4. The van der Waals surface area contributed by atoms with Gasteiger partial charge in [-0.15, -0.1) is 0 Å². The maximum atomic E-state index is 11.1. The summed E-state index contributed by atoms with van der Waals surface area (Å²) in [6, 6.07) is 4.67. The van der Waals surface area contributed by atoms with Gasteiger partial charge in [0, 0.05) is 28.5 Å². The number of halogens is 1. The van der Waals surface area contributed by atoms with E-state index in [2.05, 4.69) is 31.1 Å². The number of hydrogen-bond acceptors (Lipinski definition) is 7. The van der Waals surface area contributed by atoms with Gasteiger partial charge < -0.3 is 10.9 Å². The largest absolute Gasteiger partial charge is 0.409 e. The van der Waals surface area contributed by atoms with Crippen LogP contribution >= 0.6 is 27.7 Å². The zero-order valence-corrected chi connectivity index (χ0v) is 12.7. The summed E-state index contributed by atoms with van der Waals surface area (Å²) in [4.78, 5) is 18.6. The van der Waals surface area contributed by atoms with Crippen LogP contribution in [-0.4, -0.2) is 25.9 Å². The van der Waals surface area contributed by atoms with Gasteiger partial charge in [0.05, 0.1) is 4.92 Å². The Morgan fingerprint density at radius 3 is 2.76 bits per heavy atom. The van der Waals surface area contributed by atoms with E-state index in [1.54, 1.807) is 18.3 Å². The first-order chi connectivity index (χ1) is 10.0. The normalized spacial score (nSPS) is 11.4. The Morgan fingerprint density at radius 2 is 2.19 bits per heavy atom. The Bertz CT molecular complexity index is 708. The smallest absolute Gasteiger partial charge is 0.302 e. The van der Waals surface area contributed by atoms with Crippen LogP contribution in [-0.2, 0) is 0 Å². The molecule has 10 heteroatoms. The van der Waals surface area contributed by atoms with Crippen LogP contribution in [0.4, 0.5) is 5.69 Å². The quantitative estimate of drug-likeness (QED) is 0.278. The molecule has 0 saturated carbocycles. The van der Waals surface area contributed by atoms with Crippen molar-refractivity contribution >= 4 is 39.2 Å². The zero-order valence-electron chi connectivity index (χ0n) is 10.3. The molecule has 2 aromatic rings. The summed E-state index contributed by atoms with van der Waals surface area (Å²) in [7, 11) is 0. The average molecular weight is 370 g/mol. The molecule has 0 aliphatic carbocycles. The standard InChI is InChI=1S/C11H8BrN5O3S/c12-7-1-2-9(14-5-7)21-11-8(17(19)20)3-6(4-15-11)10(13)16-18/h1-5,18H,(H2,13,16). The average Bonchev–Trinajstić information content (AvgIpc) is 2.49. The second-order valence-corrected chi connectivity index (χ2v) is 5.63. The van der Waals surface area contributed by atoms with Crippen molar-refractivity contribution in [2.45, 2.75) is 10.1 Å². The fraction of sp³-hybridized carbons (Fsp3) is 0. The van der Waals surface area contributed by atoms with Gasteiger partial charge in [0.2, 0.25) is 0 Å². The van der Waals surface area contributed by atoms with E-state index in [0.29, 0.717) is 5.03 Å². The minimum absolute atomic E-state index is 0.164. The van der Waals surface area contributed by atoms with E-state index >= 15 is 0 Å². The molecular formula is C11H8BrN5O3S. The number of aromatic nitrogens is 2. The summed E-state index contributed by atoms with van der Waals surface area (Å²) in [6.45, 7) is 0. The Hall–Kier alpha value is -2.20. The third-order valence-electron chi connectivity index (χ3n) is 2.33. The van der Waals surface area contributed by atoms with Crippen molar-refractivity contribution in [3.05, 3.63) is 50.7 Å². The van der Waals surface area contributed by atoms with Crippen molar-refractivity contribution < 1.29 is 10.1 Å². The number of oxime groups is 1. The molecule has 0 amide bonds. The molecule has 0 aliphatic rings. The lowest BCUT2D eigenvalue weighted by Crippen LogP contribution is -2.14. The second-order valence-electron chi connectivity index (χ2n) is 3.71. The number of nitrogens with two attached hydrogens (primary N) is 1. The Balaban J connectivity index is 2.39. The minimum Gasteiger partial charge on any atom is -0.409 e. The van der Waals surface area contributed by atoms with Crippen LogP contribution in [0.2, 0.25) is 0 Å². The van der Waals surface area contributed by atoms with Crippen LogP contribution in [0.5, 0.6) is 0 Å². The molecule has 0 saturated heterocycles. The fourth-order valence-corrected chi connectivity index (χ4v) is 2.39. The maximum absolute atomic E-state index is 11.1. The summed E-state index contributed by atoms with van der Waals surface area (Å²) in [5.74, 6) is -0.246. The lowest BCUT2D eigenvalue weighted by molar-refractivity contribution is -0.388. The molecule has 2 aromatic heterocycles. The molecule has 0 bridgehead atoms. The van der Waals surface area contributed by atoms with Gasteiger partial charge in [-0.3, -0.25) is 10.1 Å². The number of hydrogen-bond donors (Lipinski definition) is 2. The lowest BCUT2D eigenvalue weighted by Gasteiger charge is -2.04. The van der Waals surface area contributed by atoms with Gasteiger partial charge in [-0.05, 0) is 39.8 Å². The molecule has 0 spiro atoms. The summed E-state index contributed by atoms with van der Waals surface area (Å²) >= 11 is 4.31.